The van der Waals surface area contributed by atoms with Gasteiger partial charge in [0.15, 0.2) is 0 Å². The first-order chi connectivity index (χ1) is 14.0. The molecular formula is C20H29N7O2. The van der Waals surface area contributed by atoms with Crippen LogP contribution in [0.25, 0.3) is 0 Å². The lowest BCUT2D eigenvalue weighted by Crippen LogP contribution is -2.40. The summed E-state index contributed by atoms with van der Waals surface area (Å²) in [6.45, 7) is 7.12. The second-order valence-corrected chi connectivity index (χ2v) is 6.55. The van der Waals surface area contributed by atoms with Crippen molar-refractivity contribution >= 4 is 23.6 Å². The van der Waals surface area contributed by atoms with Crippen LogP contribution in [-0.2, 0) is 4.79 Å². The molecule has 0 aromatic carbocycles. The lowest BCUT2D eigenvalue weighted by molar-refractivity contribution is -0.122. The Kier molecular flexibility index (Phi) is 8.92. The van der Waals surface area contributed by atoms with Crippen LogP contribution in [-0.4, -0.2) is 47.2 Å². The highest BCUT2D eigenvalue weighted by Crippen LogP contribution is 2.17. The number of carbonyl (C=O) groups is 1. The molecule has 0 spiro atoms. The highest BCUT2D eigenvalue weighted by molar-refractivity contribution is 5.81. The smallest absolute Gasteiger partial charge is 0.236 e. The largest absolute Gasteiger partial charge is 0.369 e. The van der Waals surface area contributed by atoms with Crippen molar-refractivity contribution in [3.63, 3.8) is 0 Å². The van der Waals surface area contributed by atoms with Gasteiger partial charge < -0.3 is 20.5 Å². The Labute approximate surface area is 171 Å². The zero-order chi connectivity index (χ0) is 21.1. The van der Waals surface area contributed by atoms with Crippen LogP contribution in [0.4, 0.5) is 17.7 Å². The fourth-order valence-electron chi connectivity index (χ4n) is 2.27. The monoisotopic (exact) mass is 399 g/mol. The highest BCUT2D eigenvalue weighted by atomic mass is 16.5. The molecule has 9 heteroatoms. The number of unbranched alkanes of at least 4 members (excludes halogenated alkanes) is 1. The summed E-state index contributed by atoms with van der Waals surface area (Å²) in [4.78, 5) is 20.5. The molecule has 0 radical (unpaired) electrons. The average Bonchev–Trinajstić information content (AvgIpc) is 3.13. The van der Waals surface area contributed by atoms with Gasteiger partial charge in [0.2, 0.25) is 17.7 Å². The van der Waals surface area contributed by atoms with E-state index in [1.165, 1.54) is 0 Å². The summed E-state index contributed by atoms with van der Waals surface area (Å²) in [5.41, 5.74) is 1.50. The number of carbonyl (C=O) groups excluding carboxylic acids is 1. The molecule has 0 saturated heterocycles. The van der Waals surface area contributed by atoms with Crippen LogP contribution in [0, 0.1) is 18.8 Å². The van der Waals surface area contributed by atoms with Gasteiger partial charge in [0.25, 0.3) is 0 Å². The molecule has 2 aromatic heterocycles. The zero-order valence-corrected chi connectivity index (χ0v) is 17.4. The molecule has 156 valence electrons. The van der Waals surface area contributed by atoms with Gasteiger partial charge in [0.1, 0.15) is 5.82 Å². The van der Waals surface area contributed by atoms with Crippen molar-refractivity contribution < 1.29 is 9.32 Å². The molecule has 0 aliphatic carbocycles. The lowest BCUT2D eigenvalue weighted by atomic mass is 10.2. The van der Waals surface area contributed by atoms with E-state index in [4.69, 9.17) is 4.52 Å². The van der Waals surface area contributed by atoms with Crippen molar-refractivity contribution in [2.75, 3.05) is 30.8 Å². The van der Waals surface area contributed by atoms with E-state index in [-0.39, 0.29) is 11.9 Å². The number of likely N-dealkylation sites (N-methyl/N-ethyl adjacent to an activating group) is 1. The van der Waals surface area contributed by atoms with Gasteiger partial charge in [-0.25, -0.2) is 4.98 Å². The van der Waals surface area contributed by atoms with Gasteiger partial charge in [-0.2, -0.15) is 4.98 Å². The minimum atomic E-state index is -0.196. The third-order valence-corrected chi connectivity index (χ3v) is 4.02. The topological polar surface area (TPSA) is 117 Å². The molecule has 9 nitrogen and oxygen atoms in total. The Hall–Kier alpha value is -3.12. The Morgan fingerprint density at radius 2 is 2.17 bits per heavy atom. The van der Waals surface area contributed by atoms with E-state index in [1.54, 1.807) is 19.3 Å². The number of hydrogen-bond acceptors (Lipinski definition) is 8. The van der Waals surface area contributed by atoms with Crippen molar-refractivity contribution in [1.82, 2.24) is 25.8 Å². The summed E-state index contributed by atoms with van der Waals surface area (Å²) in [6.07, 6.45) is 4.09. The summed E-state index contributed by atoms with van der Waals surface area (Å²) in [5.74, 6) is 7.79. The Balaban J connectivity index is 1.95. The summed E-state index contributed by atoms with van der Waals surface area (Å²) in [5, 5.41) is 15.9. The average molecular weight is 399 g/mol. The quantitative estimate of drug-likeness (QED) is 0.355. The first-order valence-corrected chi connectivity index (χ1v) is 9.78. The normalized spacial score (nSPS) is 11.3. The van der Waals surface area contributed by atoms with Crippen LogP contribution in [0.15, 0.2) is 16.8 Å². The molecule has 2 rings (SSSR count). The first kappa shape index (κ1) is 22.2. The maximum absolute atomic E-state index is 11.7. The molecule has 29 heavy (non-hydrogen) atoms. The van der Waals surface area contributed by atoms with Crippen molar-refractivity contribution in [1.29, 1.82) is 0 Å². The first-order valence-electron chi connectivity index (χ1n) is 9.78. The van der Waals surface area contributed by atoms with E-state index in [9.17, 15) is 4.79 Å². The number of aryl methyl sites for hydroxylation is 1. The summed E-state index contributed by atoms with van der Waals surface area (Å²) >= 11 is 0. The molecule has 0 saturated carbocycles. The Morgan fingerprint density at radius 3 is 2.86 bits per heavy atom. The van der Waals surface area contributed by atoms with Gasteiger partial charge in [-0.3, -0.25) is 10.1 Å². The van der Waals surface area contributed by atoms with Crippen LogP contribution in [0.2, 0.25) is 0 Å². The maximum Gasteiger partial charge on any atom is 0.236 e. The molecule has 2 aromatic rings. The fraction of sp³-hybridized carbons (Fsp3) is 0.500. The number of rotatable bonds is 10. The van der Waals surface area contributed by atoms with Gasteiger partial charge in [0, 0.05) is 25.6 Å². The van der Waals surface area contributed by atoms with Gasteiger partial charge in [-0.1, -0.05) is 23.9 Å². The van der Waals surface area contributed by atoms with Crippen molar-refractivity contribution in [3.05, 3.63) is 23.5 Å². The lowest BCUT2D eigenvalue weighted by Gasteiger charge is -2.10. The van der Waals surface area contributed by atoms with E-state index in [0.717, 1.165) is 30.6 Å². The molecule has 1 amide bonds. The minimum Gasteiger partial charge on any atom is -0.369 e. The Morgan fingerprint density at radius 1 is 1.34 bits per heavy atom. The van der Waals surface area contributed by atoms with Crippen LogP contribution in [0.5, 0.6) is 0 Å². The third kappa shape index (κ3) is 7.43. The van der Waals surface area contributed by atoms with Gasteiger partial charge in [-0.05, 0) is 33.7 Å². The van der Waals surface area contributed by atoms with Crippen molar-refractivity contribution in [2.24, 2.45) is 0 Å². The van der Waals surface area contributed by atoms with Crippen molar-refractivity contribution in [3.8, 4) is 11.8 Å². The Bertz CT molecular complexity index is 854. The van der Waals surface area contributed by atoms with Gasteiger partial charge in [-0.15, -0.1) is 0 Å². The minimum absolute atomic E-state index is 0.00930. The van der Waals surface area contributed by atoms with Crippen LogP contribution < -0.4 is 21.3 Å². The van der Waals surface area contributed by atoms with Gasteiger partial charge >= 0.3 is 0 Å². The van der Waals surface area contributed by atoms with E-state index in [0.29, 0.717) is 30.6 Å². The summed E-state index contributed by atoms with van der Waals surface area (Å²) in [6, 6.07) is 1.57. The number of nitrogens with zero attached hydrogens (tertiary/aromatic N) is 3. The molecule has 0 fully saturated rings. The fourth-order valence-corrected chi connectivity index (χ4v) is 2.27. The van der Waals surface area contributed by atoms with E-state index in [2.05, 4.69) is 55.2 Å². The van der Waals surface area contributed by atoms with Crippen LogP contribution in [0.3, 0.4) is 0 Å². The molecule has 2 heterocycles. The zero-order valence-electron chi connectivity index (χ0n) is 17.4. The number of aromatic nitrogens is 3. The molecule has 0 bridgehead atoms. The predicted octanol–water partition coefficient (Wildman–Crippen LogP) is 2.19. The molecular weight excluding hydrogens is 370 g/mol. The molecule has 0 aliphatic heterocycles. The standard InChI is InChI=1S/C20H29N7O2/c1-5-10-22-18-16(9-7-6-8-11-23-19(28)15(3)21-4)13-24-20(26-18)25-17-12-14(2)27-29-17/h12-13,15,21H,5-6,8,10-11H2,1-4H3,(H,23,28)(H2,22,24,25,26)/t15-/m0/s1. The molecule has 4 N–H and O–H groups in total. The highest BCUT2D eigenvalue weighted by Gasteiger charge is 2.09. The molecule has 0 aliphatic rings. The SMILES string of the molecule is CCCNc1nc(Nc2cc(C)no2)ncc1C#CCCCNC(=O)[C@H](C)NC. The van der Waals surface area contributed by atoms with Crippen LogP contribution >= 0.6 is 0 Å². The second-order valence-electron chi connectivity index (χ2n) is 6.55. The third-order valence-electron chi connectivity index (χ3n) is 4.02. The second kappa shape index (κ2) is 11.7. The molecule has 0 unspecified atom stereocenters. The van der Waals surface area contributed by atoms with E-state index >= 15 is 0 Å². The number of hydrogen-bond donors (Lipinski definition) is 4. The molecule has 1 atom stereocenters. The van der Waals surface area contributed by atoms with Crippen LogP contribution in [0.1, 0.15) is 44.4 Å². The van der Waals surface area contributed by atoms with Gasteiger partial charge in [0.05, 0.1) is 23.5 Å². The summed E-state index contributed by atoms with van der Waals surface area (Å²) in [7, 11) is 1.76. The van der Waals surface area contributed by atoms with E-state index in [1.807, 2.05) is 13.8 Å². The predicted molar refractivity (Wildman–Crippen MR) is 113 cm³/mol. The van der Waals surface area contributed by atoms with Crippen molar-refractivity contribution in [2.45, 2.75) is 46.1 Å². The number of amides is 1. The summed E-state index contributed by atoms with van der Waals surface area (Å²) < 4.78 is 5.14. The maximum atomic E-state index is 11.7. The number of nitrogens with one attached hydrogen (secondary N) is 4. The van der Waals surface area contributed by atoms with E-state index < -0.39 is 0 Å². The number of anilines is 3.